The molecule has 0 aliphatic carbocycles. The number of hydrogen-bond acceptors (Lipinski definition) is 3. The summed E-state index contributed by atoms with van der Waals surface area (Å²) in [7, 11) is 0. The number of ether oxygens (including phenoxy) is 2. The van der Waals surface area contributed by atoms with Crippen molar-refractivity contribution in [3.05, 3.63) is 29.8 Å². The van der Waals surface area contributed by atoms with Crippen LogP contribution in [0.15, 0.2) is 24.3 Å². The van der Waals surface area contributed by atoms with Crippen LogP contribution in [0.2, 0.25) is 0 Å². The fourth-order valence-electron chi connectivity index (χ4n) is 1.81. The molecule has 0 aromatic heterocycles. The molecule has 88 valence electrons. The Labute approximate surface area is 92.1 Å². The molecule has 1 heterocycles. The van der Waals surface area contributed by atoms with Crippen molar-refractivity contribution < 1.29 is 18.3 Å². The summed E-state index contributed by atoms with van der Waals surface area (Å²) in [6.45, 7) is -2.91. The summed E-state index contributed by atoms with van der Waals surface area (Å²) in [5.41, 5.74) is 6.83. The van der Waals surface area contributed by atoms with E-state index in [0.717, 1.165) is 5.56 Å². The second-order valence-corrected chi connectivity index (χ2v) is 3.71. The van der Waals surface area contributed by atoms with Crippen molar-refractivity contribution in [2.45, 2.75) is 25.2 Å². The second-order valence-electron chi connectivity index (χ2n) is 3.71. The smallest absolute Gasteiger partial charge is 0.345 e. The summed E-state index contributed by atoms with van der Waals surface area (Å²) in [5, 5.41) is 0. The SMILES string of the molecule is N[C@@H]1C[C@@H](COC(F)F)Oc2ccccc21. The molecule has 0 saturated carbocycles. The van der Waals surface area contributed by atoms with E-state index in [9.17, 15) is 8.78 Å². The van der Waals surface area contributed by atoms with Crippen LogP contribution >= 0.6 is 0 Å². The zero-order valence-electron chi connectivity index (χ0n) is 8.61. The third-order valence-corrected chi connectivity index (χ3v) is 2.54. The molecule has 0 saturated heterocycles. The van der Waals surface area contributed by atoms with Gasteiger partial charge in [0.2, 0.25) is 0 Å². The summed E-state index contributed by atoms with van der Waals surface area (Å²) in [5.74, 6) is 0.657. The van der Waals surface area contributed by atoms with Gasteiger partial charge in [0.15, 0.2) is 0 Å². The van der Waals surface area contributed by atoms with Gasteiger partial charge >= 0.3 is 6.61 Å². The van der Waals surface area contributed by atoms with Gasteiger partial charge in [0.05, 0.1) is 6.61 Å². The van der Waals surface area contributed by atoms with Gasteiger partial charge in [0.1, 0.15) is 11.9 Å². The fourth-order valence-corrected chi connectivity index (χ4v) is 1.81. The summed E-state index contributed by atoms with van der Waals surface area (Å²) in [4.78, 5) is 0. The molecule has 3 nitrogen and oxygen atoms in total. The second kappa shape index (κ2) is 4.76. The number of nitrogens with two attached hydrogens (primary N) is 1. The molecule has 0 fully saturated rings. The van der Waals surface area contributed by atoms with E-state index in [1.54, 1.807) is 6.07 Å². The van der Waals surface area contributed by atoms with Crippen molar-refractivity contribution >= 4 is 0 Å². The molecular weight excluding hydrogens is 216 g/mol. The highest BCUT2D eigenvalue weighted by Gasteiger charge is 2.26. The molecule has 1 aromatic carbocycles. The third-order valence-electron chi connectivity index (χ3n) is 2.54. The van der Waals surface area contributed by atoms with Crippen molar-refractivity contribution in [2.75, 3.05) is 6.61 Å². The lowest BCUT2D eigenvalue weighted by Crippen LogP contribution is -2.33. The van der Waals surface area contributed by atoms with Gasteiger partial charge in [-0.3, -0.25) is 0 Å². The molecule has 0 spiro atoms. The number of rotatable bonds is 3. The van der Waals surface area contributed by atoms with Crippen LogP contribution < -0.4 is 10.5 Å². The zero-order chi connectivity index (χ0) is 11.5. The Bertz CT molecular complexity index is 360. The average molecular weight is 229 g/mol. The Morgan fingerprint density at radius 2 is 2.19 bits per heavy atom. The number of alkyl halides is 2. The van der Waals surface area contributed by atoms with Crippen molar-refractivity contribution in [1.82, 2.24) is 0 Å². The first kappa shape index (κ1) is 11.3. The first-order valence-corrected chi connectivity index (χ1v) is 5.07. The van der Waals surface area contributed by atoms with Gasteiger partial charge in [0, 0.05) is 18.0 Å². The number of benzene rings is 1. The molecule has 1 aliphatic heterocycles. The molecule has 2 rings (SSSR count). The summed E-state index contributed by atoms with van der Waals surface area (Å²) < 4.78 is 33.5. The lowest BCUT2D eigenvalue weighted by molar-refractivity contribution is -0.146. The van der Waals surface area contributed by atoms with Crippen LogP contribution in [0.5, 0.6) is 5.75 Å². The van der Waals surface area contributed by atoms with Crippen LogP contribution in [0.1, 0.15) is 18.0 Å². The van der Waals surface area contributed by atoms with Gasteiger partial charge < -0.3 is 15.2 Å². The van der Waals surface area contributed by atoms with E-state index >= 15 is 0 Å². The number of para-hydroxylation sites is 1. The highest BCUT2D eigenvalue weighted by Crippen LogP contribution is 2.33. The Balaban J connectivity index is 2.03. The molecule has 2 atom stereocenters. The van der Waals surface area contributed by atoms with Gasteiger partial charge in [-0.1, -0.05) is 18.2 Å². The highest BCUT2D eigenvalue weighted by atomic mass is 19.3. The van der Waals surface area contributed by atoms with Crippen LogP contribution in [-0.4, -0.2) is 19.3 Å². The summed E-state index contributed by atoms with van der Waals surface area (Å²) >= 11 is 0. The summed E-state index contributed by atoms with van der Waals surface area (Å²) in [6.07, 6.45) is 0.0860. The van der Waals surface area contributed by atoms with E-state index in [1.165, 1.54) is 0 Å². The molecule has 16 heavy (non-hydrogen) atoms. The normalized spacial score (nSPS) is 24.0. The van der Waals surface area contributed by atoms with Crippen molar-refractivity contribution in [3.63, 3.8) is 0 Å². The average Bonchev–Trinajstić information content (AvgIpc) is 2.26. The van der Waals surface area contributed by atoms with E-state index < -0.39 is 12.7 Å². The van der Waals surface area contributed by atoms with Gasteiger partial charge in [0.25, 0.3) is 0 Å². The number of fused-ring (bicyclic) bond motifs is 1. The van der Waals surface area contributed by atoms with E-state index in [2.05, 4.69) is 4.74 Å². The van der Waals surface area contributed by atoms with Gasteiger partial charge in [-0.05, 0) is 6.07 Å². The zero-order valence-corrected chi connectivity index (χ0v) is 8.61. The molecule has 5 heteroatoms. The fraction of sp³-hybridized carbons (Fsp3) is 0.455. The van der Waals surface area contributed by atoms with Crippen molar-refractivity contribution in [3.8, 4) is 5.75 Å². The van der Waals surface area contributed by atoms with Crippen LogP contribution in [0.3, 0.4) is 0 Å². The van der Waals surface area contributed by atoms with Crippen molar-refractivity contribution in [1.29, 1.82) is 0 Å². The summed E-state index contributed by atoms with van der Waals surface area (Å²) in [6, 6.07) is 7.17. The first-order valence-electron chi connectivity index (χ1n) is 5.07. The monoisotopic (exact) mass is 229 g/mol. The Morgan fingerprint density at radius 1 is 1.44 bits per heavy atom. The molecule has 2 N–H and O–H groups in total. The predicted molar refractivity (Wildman–Crippen MR) is 54.4 cm³/mol. The Morgan fingerprint density at radius 3 is 2.94 bits per heavy atom. The maximum absolute atomic E-state index is 11.9. The Hall–Kier alpha value is -1.20. The lowest BCUT2D eigenvalue weighted by Gasteiger charge is -2.29. The third kappa shape index (κ3) is 2.48. The van der Waals surface area contributed by atoms with E-state index in [1.807, 2.05) is 18.2 Å². The molecular formula is C11H13F2NO2. The number of halogens is 2. The minimum Gasteiger partial charge on any atom is -0.488 e. The quantitative estimate of drug-likeness (QED) is 0.863. The van der Waals surface area contributed by atoms with E-state index in [-0.39, 0.29) is 12.6 Å². The minimum absolute atomic E-state index is 0.139. The predicted octanol–water partition coefficient (Wildman–Crippen LogP) is 2.08. The minimum atomic E-state index is -2.77. The van der Waals surface area contributed by atoms with Crippen LogP contribution in [0, 0.1) is 0 Å². The standard InChI is InChI=1S/C11H13F2NO2/c12-11(13)15-6-7-5-9(14)8-3-1-2-4-10(8)16-7/h1-4,7,9,11H,5-6,14H2/t7-,9+/m0/s1. The van der Waals surface area contributed by atoms with Crippen LogP contribution in [0.25, 0.3) is 0 Å². The molecule has 1 aromatic rings. The first-order chi connectivity index (χ1) is 7.66. The van der Waals surface area contributed by atoms with E-state index in [4.69, 9.17) is 10.5 Å². The van der Waals surface area contributed by atoms with E-state index in [0.29, 0.717) is 12.2 Å². The molecule has 0 bridgehead atoms. The maximum Gasteiger partial charge on any atom is 0.345 e. The molecule has 0 unspecified atom stereocenters. The van der Waals surface area contributed by atoms with Crippen molar-refractivity contribution in [2.24, 2.45) is 5.73 Å². The number of hydrogen-bond donors (Lipinski definition) is 1. The maximum atomic E-state index is 11.9. The highest BCUT2D eigenvalue weighted by molar-refractivity contribution is 5.37. The van der Waals surface area contributed by atoms with Crippen LogP contribution in [-0.2, 0) is 4.74 Å². The Kier molecular flexibility index (Phi) is 3.36. The van der Waals surface area contributed by atoms with Gasteiger partial charge in [-0.2, -0.15) is 8.78 Å². The molecule has 0 amide bonds. The molecule has 1 aliphatic rings. The van der Waals surface area contributed by atoms with Gasteiger partial charge in [-0.15, -0.1) is 0 Å². The topological polar surface area (TPSA) is 44.5 Å². The molecule has 0 radical (unpaired) electrons. The van der Waals surface area contributed by atoms with Crippen LogP contribution in [0.4, 0.5) is 8.78 Å². The van der Waals surface area contributed by atoms with Gasteiger partial charge in [-0.25, -0.2) is 0 Å². The lowest BCUT2D eigenvalue weighted by atomic mass is 9.98. The largest absolute Gasteiger partial charge is 0.488 e.